The van der Waals surface area contributed by atoms with E-state index in [0.29, 0.717) is 0 Å². The van der Waals surface area contributed by atoms with Crippen molar-refractivity contribution in [3.63, 3.8) is 0 Å². The number of anilines is 1. The molecule has 0 saturated carbocycles. The lowest BCUT2D eigenvalue weighted by Gasteiger charge is -1.83. The molecule has 0 aliphatic heterocycles. The molecule has 0 aliphatic rings. The first-order valence-electron chi connectivity index (χ1n) is 2.80. The average molecular weight is 100 g/mol. The van der Waals surface area contributed by atoms with Gasteiger partial charge in [0.15, 0.2) is 1.41 Å². The van der Waals surface area contributed by atoms with Crippen molar-refractivity contribution in [3.8, 4) is 0 Å². The lowest BCUT2D eigenvalue weighted by Crippen LogP contribution is -1.84. The van der Waals surface area contributed by atoms with Crippen molar-refractivity contribution in [1.82, 2.24) is 4.98 Å². The largest absolute Gasteiger partial charge is 0.432 e. The minimum absolute atomic E-state index is 0.0240. The standard InChI is InChI=1S/C4H6N2O/c1-5-4-6-2-3-7-4/h2-3H,1H3,(H,5,6)/i3D/hD. The van der Waals surface area contributed by atoms with E-state index in [1.165, 1.54) is 13.2 Å². The molecule has 0 bridgehead atoms. The molecule has 0 aromatic carbocycles. The molecular weight excluding hydrogens is 92.1 g/mol. The number of oxazole rings is 1. The quantitative estimate of drug-likeness (QED) is 0.565. The maximum atomic E-state index is 6.93. The molecule has 0 amide bonds. The normalized spacial score (nSPS) is 12.7. The second-order valence-corrected chi connectivity index (χ2v) is 0.984. The Morgan fingerprint density at radius 3 is 3.43 bits per heavy atom. The summed E-state index contributed by atoms with van der Waals surface area (Å²) < 4.78 is 18.4. The summed E-state index contributed by atoms with van der Waals surface area (Å²) in [5.74, 6) is 0. The van der Waals surface area contributed by atoms with Gasteiger partial charge in [-0.1, -0.05) is 0 Å². The van der Waals surface area contributed by atoms with Gasteiger partial charge in [-0.15, -0.1) is 0 Å². The molecule has 0 atom stereocenters. The third kappa shape index (κ3) is 0.707. The van der Waals surface area contributed by atoms with Crippen molar-refractivity contribution in [1.29, 1.82) is 0 Å². The van der Waals surface area contributed by atoms with Gasteiger partial charge in [0.25, 0.3) is 6.01 Å². The van der Waals surface area contributed by atoms with E-state index in [1.807, 2.05) is 0 Å². The highest BCUT2D eigenvalue weighted by atomic mass is 16.4. The number of hydrogen-bond acceptors (Lipinski definition) is 3. The predicted octanol–water partition coefficient (Wildman–Crippen LogP) is 0.716. The molecule has 0 aliphatic carbocycles. The van der Waals surface area contributed by atoms with Crippen LogP contribution >= 0.6 is 0 Å². The highest BCUT2D eigenvalue weighted by Crippen LogP contribution is 1.96. The van der Waals surface area contributed by atoms with E-state index in [9.17, 15) is 0 Å². The first-order chi connectivity index (χ1) is 4.20. The molecule has 3 heteroatoms. The van der Waals surface area contributed by atoms with E-state index in [1.54, 1.807) is 0 Å². The maximum Gasteiger partial charge on any atom is 0.294 e. The van der Waals surface area contributed by atoms with Crippen molar-refractivity contribution < 1.29 is 7.20 Å². The Balaban J connectivity index is 2.85. The Morgan fingerprint density at radius 2 is 3.14 bits per heavy atom. The zero-order valence-corrected chi connectivity index (χ0v) is 3.88. The second kappa shape index (κ2) is 1.64. The molecule has 3 nitrogen and oxygen atoms in total. The second-order valence-electron chi connectivity index (χ2n) is 0.984. The summed E-state index contributed by atoms with van der Waals surface area (Å²) in [4.78, 5) is 3.60. The Kier molecular flexibility index (Phi) is 0.551. The summed E-state index contributed by atoms with van der Waals surface area (Å²) in [5, 5.41) is 0.956. The van der Waals surface area contributed by atoms with Gasteiger partial charge in [-0.2, -0.15) is 0 Å². The van der Waals surface area contributed by atoms with Gasteiger partial charge < -0.3 is 9.73 Å². The Hall–Kier alpha value is -0.990. The van der Waals surface area contributed by atoms with Crippen LogP contribution in [0.1, 0.15) is 1.37 Å². The molecule has 0 fully saturated rings. The summed E-state index contributed by atoms with van der Waals surface area (Å²) in [7, 11) is 1.48. The van der Waals surface area contributed by atoms with Crippen molar-refractivity contribution >= 4 is 6.01 Å². The van der Waals surface area contributed by atoms with Crippen molar-refractivity contribution in [2.75, 3.05) is 12.4 Å². The topological polar surface area (TPSA) is 38.1 Å². The molecule has 7 heavy (non-hydrogen) atoms. The molecule has 1 N–H and O–H groups in total. The first kappa shape index (κ1) is 2.35. The zero-order valence-electron chi connectivity index (χ0n) is 5.88. The summed E-state index contributed by atoms with van der Waals surface area (Å²) in [6.07, 6.45) is 1.23. The lowest BCUT2D eigenvalue weighted by atomic mass is 11.0. The number of rotatable bonds is 1. The highest BCUT2D eigenvalue weighted by Gasteiger charge is 1.84. The van der Waals surface area contributed by atoms with Gasteiger partial charge in [0, 0.05) is 7.05 Å². The van der Waals surface area contributed by atoms with E-state index < -0.39 is 0 Å². The summed E-state index contributed by atoms with van der Waals surface area (Å²) >= 11 is 0. The number of nitrogens with zero attached hydrogens (tertiary/aromatic N) is 1. The summed E-state index contributed by atoms with van der Waals surface area (Å²) in [5.41, 5.74) is 0. The number of hydrogen-bond donors (Lipinski definition) is 1. The van der Waals surface area contributed by atoms with Gasteiger partial charge in [-0.05, 0) is 0 Å². The van der Waals surface area contributed by atoms with Crippen LogP contribution in [0, 0.1) is 0 Å². The van der Waals surface area contributed by atoms with Gasteiger partial charge in [-0.3, -0.25) is 0 Å². The monoisotopic (exact) mass is 100 g/mol. The summed E-state index contributed by atoms with van der Waals surface area (Å²) in [6.45, 7) is 0. The van der Waals surface area contributed by atoms with Crippen LogP contribution in [-0.2, 0) is 0 Å². The van der Waals surface area contributed by atoms with E-state index >= 15 is 0 Å². The fourth-order valence-electron chi connectivity index (χ4n) is 0.290. The fourth-order valence-corrected chi connectivity index (χ4v) is 0.290. The van der Waals surface area contributed by atoms with Gasteiger partial charge in [0.2, 0.25) is 0 Å². The highest BCUT2D eigenvalue weighted by molar-refractivity contribution is 5.14. The van der Waals surface area contributed by atoms with Gasteiger partial charge in [0.1, 0.15) is 7.61 Å². The lowest BCUT2D eigenvalue weighted by molar-refractivity contribution is 0.575. The van der Waals surface area contributed by atoms with Gasteiger partial charge >= 0.3 is 0 Å². The molecule has 1 rings (SSSR count). The molecule has 0 saturated heterocycles. The fraction of sp³-hybridized carbons (Fsp3) is 0.250. The molecular formula is C4H6N2O. The van der Waals surface area contributed by atoms with Crippen molar-refractivity contribution in [2.45, 2.75) is 0 Å². The zero-order chi connectivity index (χ0) is 6.85. The number of nitrogens with one attached hydrogen (secondary N) is 1. The number of aromatic nitrogens is 1. The van der Waals surface area contributed by atoms with Crippen LogP contribution in [-0.4, -0.2) is 12.0 Å². The van der Waals surface area contributed by atoms with E-state index in [2.05, 4.69) is 9.40 Å². The van der Waals surface area contributed by atoms with Crippen molar-refractivity contribution in [3.05, 3.63) is 12.4 Å². The van der Waals surface area contributed by atoms with Crippen LogP contribution in [0.2, 0.25) is 1.41 Å². The smallest absolute Gasteiger partial charge is 0.294 e. The van der Waals surface area contributed by atoms with E-state index in [4.69, 9.17) is 2.78 Å². The Morgan fingerprint density at radius 1 is 2.29 bits per heavy atom. The Labute approximate surface area is 44.2 Å². The van der Waals surface area contributed by atoms with Gasteiger partial charge in [-0.25, -0.2) is 4.98 Å². The molecule has 1 aromatic rings. The molecule has 0 radical (unpaired) electrons. The predicted molar refractivity (Wildman–Crippen MR) is 26.0 cm³/mol. The molecule has 0 unspecified atom stereocenters. The molecule has 0 spiro atoms. The third-order valence-corrected chi connectivity index (χ3v) is 0.569. The summed E-state index contributed by atoms with van der Waals surface area (Å²) in [6, 6.07) is 0.139. The van der Waals surface area contributed by atoms with Crippen LogP contribution in [0.25, 0.3) is 0 Å². The van der Waals surface area contributed by atoms with Crippen molar-refractivity contribution in [2.24, 2.45) is 0 Å². The van der Waals surface area contributed by atoms with Crippen LogP contribution in [0.4, 0.5) is 6.01 Å². The first-order valence-corrected chi connectivity index (χ1v) is 1.85. The van der Waals surface area contributed by atoms with Crippen LogP contribution in [0.3, 0.4) is 0 Å². The SMILES string of the molecule is [2H]c1cnc(N([2H])C)o1. The minimum atomic E-state index is -0.0240. The third-order valence-electron chi connectivity index (χ3n) is 0.569. The minimum Gasteiger partial charge on any atom is -0.432 e. The molecule has 38 valence electrons. The van der Waals surface area contributed by atoms with Crippen LogP contribution < -0.4 is 5.31 Å². The maximum absolute atomic E-state index is 6.93. The molecule has 1 heterocycles. The Bertz CT molecular complexity index is 198. The average Bonchev–Trinajstić information content (AvgIpc) is 2.14. The molecule has 1 aromatic heterocycles. The van der Waals surface area contributed by atoms with E-state index in [-0.39, 0.29) is 12.3 Å². The van der Waals surface area contributed by atoms with Crippen LogP contribution in [0.15, 0.2) is 16.9 Å². The van der Waals surface area contributed by atoms with E-state index in [0.717, 1.165) is 5.31 Å². The van der Waals surface area contributed by atoms with Gasteiger partial charge in [0.05, 0.1) is 6.20 Å². The van der Waals surface area contributed by atoms with Crippen LogP contribution in [0.5, 0.6) is 0 Å².